The molecule has 0 saturated heterocycles. The Bertz CT molecular complexity index is 1160. The molecule has 0 aliphatic carbocycles. The summed E-state index contributed by atoms with van der Waals surface area (Å²) in [5.41, 5.74) is 2.57. The van der Waals surface area contributed by atoms with E-state index in [1.807, 2.05) is 25.1 Å². The summed E-state index contributed by atoms with van der Waals surface area (Å²) in [7, 11) is 0. The molecule has 6 nitrogen and oxygen atoms in total. The van der Waals surface area contributed by atoms with Gasteiger partial charge in [0.15, 0.2) is 0 Å². The smallest absolute Gasteiger partial charge is 0.336 e. The maximum absolute atomic E-state index is 12.8. The van der Waals surface area contributed by atoms with Crippen molar-refractivity contribution in [3.8, 4) is 5.69 Å². The van der Waals surface area contributed by atoms with Gasteiger partial charge in [0.1, 0.15) is 5.58 Å². The molecule has 0 radical (unpaired) electrons. The Hall–Kier alpha value is -3.67. The van der Waals surface area contributed by atoms with Gasteiger partial charge in [0.2, 0.25) is 0 Å². The number of benzene rings is 2. The molecule has 0 atom stereocenters. The van der Waals surface area contributed by atoms with E-state index in [-0.39, 0.29) is 5.91 Å². The van der Waals surface area contributed by atoms with E-state index in [0.717, 1.165) is 10.9 Å². The number of para-hydroxylation sites is 1. The van der Waals surface area contributed by atoms with Gasteiger partial charge in [-0.1, -0.05) is 12.1 Å². The van der Waals surface area contributed by atoms with Crippen LogP contribution in [0, 0.1) is 6.92 Å². The molecule has 0 bridgehead atoms. The molecule has 0 unspecified atom stereocenters. The zero-order valence-corrected chi connectivity index (χ0v) is 14.0. The van der Waals surface area contributed by atoms with Crippen LogP contribution in [-0.4, -0.2) is 15.7 Å². The van der Waals surface area contributed by atoms with Crippen molar-refractivity contribution < 1.29 is 9.21 Å². The number of rotatable bonds is 3. The van der Waals surface area contributed by atoms with Crippen LogP contribution in [-0.2, 0) is 0 Å². The molecule has 0 aliphatic rings. The predicted octanol–water partition coefficient (Wildman–Crippen LogP) is 3.54. The predicted molar refractivity (Wildman–Crippen MR) is 98.7 cm³/mol. The highest BCUT2D eigenvalue weighted by Crippen LogP contribution is 2.22. The molecule has 4 aromatic rings. The fourth-order valence-electron chi connectivity index (χ4n) is 2.88. The second-order valence-corrected chi connectivity index (χ2v) is 5.88. The van der Waals surface area contributed by atoms with Gasteiger partial charge in [-0.3, -0.25) is 4.79 Å². The van der Waals surface area contributed by atoms with Crippen molar-refractivity contribution in [3.63, 3.8) is 0 Å². The minimum Gasteiger partial charge on any atom is -0.423 e. The minimum atomic E-state index is -0.414. The maximum atomic E-state index is 12.8. The normalized spacial score (nSPS) is 10.8. The lowest BCUT2D eigenvalue weighted by atomic mass is 10.1. The molecular weight excluding hydrogens is 330 g/mol. The molecule has 2 aromatic carbocycles. The van der Waals surface area contributed by atoms with E-state index in [2.05, 4.69) is 10.4 Å². The first kappa shape index (κ1) is 15.8. The van der Waals surface area contributed by atoms with Crippen LogP contribution < -0.4 is 10.9 Å². The molecule has 128 valence electrons. The van der Waals surface area contributed by atoms with Gasteiger partial charge >= 0.3 is 5.63 Å². The first-order chi connectivity index (χ1) is 12.6. The summed E-state index contributed by atoms with van der Waals surface area (Å²) in [6, 6.07) is 15.7. The van der Waals surface area contributed by atoms with Gasteiger partial charge in [-0.2, -0.15) is 5.10 Å². The Balaban J connectivity index is 1.69. The Kier molecular flexibility index (Phi) is 3.85. The zero-order valence-electron chi connectivity index (χ0n) is 14.0. The van der Waals surface area contributed by atoms with Gasteiger partial charge in [-0.25, -0.2) is 9.48 Å². The topological polar surface area (TPSA) is 77.1 Å². The molecule has 0 aliphatic heterocycles. The van der Waals surface area contributed by atoms with Crippen LogP contribution in [0.3, 0.4) is 0 Å². The lowest BCUT2D eigenvalue weighted by Gasteiger charge is -2.11. The van der Waals surface area contributed by atoms with E-state index in [9.17, 15) is 9.59 Å². The van der Waals surface area contributed by atoms with Crippen LogP contribution in [0.1, 0.15) is 15.9 Å². The minimum absolute atomic E-state index is 0.273. The summed E-state index contributed by atoms with van der Waals surface area (Å²) >= 11 is 0. The number of nitrogens with zero attached hydrogens (tertiary/aromatic N) is 2. The summed E-state index contributed by atoms with van der Waals surface area (Å²) < 4.78 is 6.87. The zero-order chi connectivity index (χ0) is 18.1. The van der Waals surface area contributed by atoms with E-state index in [0.29, 0.717) is 22.5 Å². The molecule has 0 spiro atoms. The van der Waals surface area contributed by atoms with Crippen molar-refractivity contribution in [2.24, 2.45) is 0 Å². The van der Waals surface area contributed by atoms with Crippen LogP contribution >= 0.6 is 0 Å². The number of amides is 1. The van der Waals surface area contributed by atoms with Crippen LogP contribution in [0.4, 0.5) is 5.69 Å². The Morgan fingerprint density at radius 3 is 2.77 bits per heavy atom. The summed E-state index contributed by atoms with van der Waals surface area (Å²) in [4.78, 5) is 24.3. The van der Waals surface area contributed by atoms with Crippen LogP contribution in [0.5, 0.6) is 0 Å². The number of nitrogens with one attached hydrogen (secondary N) is 1. The van der Waals surface area contributed by atoms with Gasteiger partial charge in [-0.05, 0) is 42.8 Å². The largest absolute Gasteiger partial charge is 0.423 e. The summed E-state index contributed by atoms with van der Waals surface area (Å²) in [6.45, 7) is 1.85. The monoisotopic (exact) mass is 345 g/mol. The Labute approximate surface area is 148 Å². The second kappa shape index (κ2) is 6.33. The third kappa shape index (κ3) is 2.88. The number of hydrogen-bond donors (Lipinski definition) is 1. The van der Waals surface area contributed by atoms with Gasteiger partial charge in [-0.15, -0.1) is 0 Å². The van der Waals surface area contributed by atoms with Gasteiger partial charge < -0.3 is 9.73 Å². The molecule has 2 heterocycles. The number of carbonyl (C=O) groups is 1. The van der Waals surface area contributed by atoms with Crippen LogP contribution in [0.2, 0.25) is 0 Å². The van der Waals surface area contributed by atoms with Gasteiger partial charge in [0.25, 0.3) is 5.91 Å². The van der Waals surface area contributed by atoms with Crippen molar-refractivity contribution in [1.29, 1.82) is 0 Å². The number of anilines is 1. The maximum Gasteiger partial charge on any atom is 0.336 e. The highest BCUT2D eigenvalue weighted by Gasteiger charge is 2.13. The molecule has 0 saturated carbocycles. The summed E-state index contributed by atoms with van der Waals surface area (Å²) in [5, 5.41) is 7.87. The Morgan fingerprint density at radius 2 is 1.96 bits per heavy atom. The lowest BCUT2D eigenvalue weighted by Crippen LogP contribution is -2.15. The molecule has 4 rings (SSSR count). The highest BCUT2D eigenvalue weighted by atomic mass is 16.4. The number of hydrogen-bond acceptors (Lipinski definition) is 4. The van der Waals surface area contributed by atoms with Crippen LogP contribution in [0.25, 0.3) is 16.7 Å². The van der Waals surface area contributed by atoms with E-state index >= 15 is 0 Å². The molecule has 6 heteroatoms. The first-order valence-corrected chi connectivity index (χ1v) is 8.07. The SMILES string of the molecule is Cc1cc(=O)oc2cc(NC(=O)c3ccccc3-n3cccn3)ccc12. The third-order valence-electron chi connectivity index (χ3n) is 4.11. The molecule has 26 heavy (non-hydrogen) atoms. The summed E-state index contributed by atoms with van der Waals surface area (Å²) in [5.74, 6) is -0.273. The van der Waals surface area contributed by atoms with Crippen LogP contribution in [0.15, 0.2) is 76.2 Å². The van der Waals surface area contributed by atoms with E-state index in [1.165, 1.54) is 6.07 Å². The average Bonchev–Trinajstić information content (AvgIpc) is 3.15. The summed E-state index contributed by atoms with van der Waals surface area (Å²) in [6.07, 6.45) is 3.43. The first-order valence-electron chi connectivity index (χ1n) is 8.07. The average molecular weight is 345 g/mol. The molecule has 2 aromatic heterocycles. The van der Waals surface area contributed by atoms with Crippen molar-refractivity contribution in [2.75, 3.05) is 5.32 Å². The number of aromatic nitrogens is 2. The van der Waals surface area contributed by atoms with Crippen molar-refractivity contribution in [3.05, 3.63) is 88.5 Å². The number of aryl methyl sites for hydroxylation is 1. The fourth-order valence-corrected chi connectivity index (χ4v) is 2.88. The fraction of sp³-hybridized carbons (Fsp3) is 0.0500. The van der Waals surface area contributed by atoms with Crippen molar-refractivity contribution in [2.45, 2.75) is 6.92 Å². The van der Waals surface area contributed by atoms with Gasteiger partial charge in [0, 0.05) is 35.6 Å². The molecule has 0 fully saturated rings. The van der Waals surface area contributed by atoms with Crippen molar-refractivity contribution in [1.82, 2.24) is 9.78 Å². The second-order valence-electron chi connectivity index (χ2n) is 5.88. The van der Waals surface area contributed by atoms with E-state index in [1.54, 1.807) is 47.4 Å². The number of carbonyl (C=O) groups excluding carboxylic acids is 1. The Morgan fingerprint density at radius 1 is 1.12 bits per heavy atom. The molecule has 1 N–H and O–H groups in total. The molecule has 1 amide bonds. The van der Waals surface area contributed by atoms with Crippen molar-refractivity contribution >= 4 is 22.6 Å². The lowest BCUT2D eigenvalue weighted by molar-refractivity contribution is 0.102. The van der Waals surface area contributed by atoms with E-state index in [4.69, 9.17) is 4.42 Å². The number of fused-ring (bicyclic) bond motifs is 1. The standard InChI is InChI=1S/C20H15N3O3/c1-13-11-19(24)26-18-12-14(7-8-15(13)18)22-20(25)16-5-2-3-6-17(16)23-10-4-9-21-23/h2-12H,1H3,(H,22,25). The van der Waals surface area contributed by atoms with E-state index < -0.39 is 5.63 Å². The van der Waals surface area contributed by atoms with Gasteiger partial charge in [0.05, 0.1) is 11.3 Å². The molecular formula is C20H15N3O3. The highest BCUT2D eigenvalue weighted by molar-refractivity contribution is 6.07. The third-order valence-corrected chi connectivity index (χ3v) is 4.11. The quantitative estimate of drug-likeness (QED) is 0.576.